The highest BCUT2D eigenvalue weighted by Crippen LogP contribution is 2.24. The molecular formula is C20H24F3N7O4. The molecule has 34 heavy (non-hydrogen) atoms. The number of alkyl halides is 3. The number of halogens is 3. The number of amides is 1. The monoisotopic (exact) mass is 483 g/mol. The average Bonchev–Trinajstić information content (AvgIpc) is 3.36. The third-order valence-corrected chi connectivity index (χ3v) is 5.23. The van der Waals surface area contributed by atoms with E-state index in [1.54, 1.807) is 10.9 Å². The molecule has 0 spiro atoms. The van der Waals surface area contributed by atoms with Crippen molar-refractivity contribution >= 4 is 28.6 Å². The van der Waals surface area contributed by atoms with Gasteiger partial charge in [0, 0.05) is 39.4 Å². The number of nitrogens with one attached hydrogen (secondary N) is 2. The van der Waals surface area contributed by atoms with Gasteiger partial charge in [0.2, 0.25) is 5.91 Å². The summed E-state index contributed by atoms with van der Waals surface area (Å²) >= 11 is 0. The van der Waals surface area contributed by atoms with Crippen LogP contribution in [0.25, 0.3) is 11.0 Å². The maximum atomic E-state index is 12.7. The zero-order valence-electron chi connectivity index (χ0n) is 18.2. The van der Waals surface area contributed by atoms with Gasteiger partial charge in [-0.15, -0.1) is 0 Å². The summed E-state index contributed by atoms with van der Waals surface area (Å²) in [7, 11) is 1.84. The molecule has 5 N–H and O–H groups in total. The van der Waals surface area contributed by atoms with Crippen molar-refractivity contribution in [2.75, 3.05) is 31.1 Å². The van der Waals surface area contributed by atoms with E-state index in [9.17, 15) is 22.8 Å². The van der Waals surface area contributed by atoms with E-state index in [1.165, 1.54) is 0 Å². The largest absolute Gasteiger partial charge is 0.490 e. The second-order valence-electron chi connectivity index (χ2n) is 7.73. The van der Waals surface area contributed by atoms with Gasteiger partial charge in [-0.2, -0.15) is 18.3 Å². The molecule has 1 amide bonds. The standard InChI is InChI=1S/C18H23N7O2.C2HF3O2/c1-23-11-12(10-20-23)9-13(19)17(26)25-7-5-24(6-8-25)15-4-2-3-14-16(15)22-18(27)21-14;3-2(4,5)1(6)7/h2-4,10-11,13H,5-9,19H2,1H3,(H2,21,22,27);(H,6,7). The first-order valence-electron chi connectivity index (χ1n) is 10.2. The lowest BCUT2D eigenvalue weighted by Gasteiger charge is -2.37. The Morgan fingerprint density at radius 1 is 1.21 bits per heavy atom. The number of nitrogens with zero attached hydrogens (tertiary/aromatic N) is 4. The Balaban J connectivity index is 0.000000406. The molecule has 1 aliphatic rings. The number of benzene rings is 1. The lowest BCUT2D eigenvalue weighted by molar-refractivity contribution is -0.192. The molecule has 14 heteroatoms. The topological polar surface area (TPSA) is 153 Å². The van der Waals surface area contributed by atoms with Crippen LogP contribution in [-0.2, 0) is 23.1 Å². The Morgan fingerprint density at radius 3 is 2.41 bits per heavy atom. The van der Waals surface area contributed by atoms with Gasteiger partial charge in [0.1, 0.15) is 0 Å². The summed E-state index contributed by atoms with van der Waals surface area (Å²) in [5.41, 5.74) is 9.43. The van der Waals surface area contributed by atoms with Crippen molar-refractivity contribution in [3.63, 3.8) is 0 Å². The number of aromatic nitrogens is 4. The van der Waals surface area contributed by atoms with Crippen LogP contribution in [0.2, 0.25) is 0 Å². The van der Waals surface area contributed by atoms with Gasteiger partial charge in [-0.3, -0.25) is 9.48 Å². The maximum Gasteiger partial charge on any atom is 0.490 e. The Labute approximate surface area is 190 Å². The molecule has 0 bridgehead atoms. The van der Waals surface area contributed by atoms with Gasteiger partial charge in [0.25, 0.3) is 0 Å². The molecule has 184 valence electrons. The zero-order valence-corrected chi connectivity index (χ0v) is 18.2. The number of piperazine rings is 1. The number of carbonyl (C=O) groups is 2. The van der Waals surface area contributed by atoms with E-state index in [-0.39, 0.29) is 11.6 Å². The van der Waals surface area contributed by atoms with Crippen LogP contribution in [0, 0.1) is 0 Å². The molecule has 2 aromatic heterocycles. The van der Waals surface area contributed by atoms with Crippen LogP contribution in [0.3, 0.4) is 0 Å². The van der Waals surface area contributed by atoms with Crippen molar-refractivity contribution < 1.29 is 27.9 Å². The number of carbonyl (C=O) groups excluding carboxylic acids is 1. The van der Waals surface area contributed by atoms with E-state index >= 15 is 0 Å². The third kappa shape index (κ3) is 5.95. The van der Waals surface area contributed by atoms with Crippen molar-refractivity contribution in [1.29, 1.82) is 0 Å². The van der Waals surface area contributed by atoms with Crippen LogP contribution < -0.4 is 16.3 Å². The number of para-hydroxylation sites is 1. The molecule has 1 saturated heterocycles. The summed E-state index contributed by atoms with van der Waals surface area (Å²) in [6.45, 7) is 2.59. The first-order valence-corrected chi connectivity index (χ1v) is 10.2. The average molecular weight is 483 g/mol. The number of fused-ring (bicyclic) bond motifs is 1. The molecule has 1 unspecified atom stereocenters. The van der Waals surface area contributed by atoms with Crippen molar-refractivity contribution in [1.82, 2.24) is 24.6 Å². The summed E-state index contributed by atoms with van der Waals surface area (Å²) in [6, 6.07) is 5.21. The SMILES string of the molecule is Cn1cc(CC(N)C(=O)N2CCN(c3cccc4[nH]c(=O)[nH]c34)CC2)cn1.O=C(O)C(F)(F)F. The maximum absolute atomic E-state index is 12.7. The fraction of sp³-hybridized carbons (Fsp3) is 0.400. The van der Waals surface area contributed by atoms with Crippen LogP contribution >= 0.6 is 0 Å². The van der Waals surface area contributed by atoms with Gasteiger partial charge < -0.3 is 30.6 Å². The van der Waals surface area contributed by atoms with Crippen molar-refractivity contribution in [2.45, 2.75) is 18.6 Å². The van der Waals surface area contributed by atoms with Gasteiger partial charge in [-0.1, -0.05) is 6.07 Å². The number of aliphatic carboxylic acids is 1. The summed E-state index contributed by atoms with van der Waals surface area (Å²) < 4.78 is 33.4. The number of hydrogen-bond donors (Lipinski definition) is 4. The number of aromatic amines is 2. The number of carboxylic acid groups (broad SMARTS) is 1. The van der Waals surface area contributed by atoms with E-state index in [2.05, 4.69) is 20.0 Å². The lowest BCUT2D eigenvalue weighted by atomic mass is 10.1. The number of carboxylic acids is 1. The quantitative estimate of drug-likeness (QED) is 0.420. The number of H-pyrrole nitrogens is 2. The Bertz CT molecular complexity index is 1210. The highest BCUT2D eigenvalue weighted by Gasteiger charge is 2.38. The van der Waals surface area contributed by atoms with Gasteiger partial charge in [-0.25, -0.2) is 9.59 Å². The molecule has 1 atom stereocenters. The third-order valence-electron chi connectivity index (χ3n) is 5.23. The summed E-state index contributed by atoms with van der Waals surface area (Å²) in [5.74, 6) is -2.79. The Hall–Kier alpha value is -3.81. The van der Waals surface area contributed by atoms with Crippen LogP contribution in [0.4, 0.5) is 18.9 Å². The number of nitrogens with two attached hydrogens (primary N) is 1. The summed E-state index contributed by atoms with van der Waals surface area (Å²) in [5, 5.41) is 11.2. The van der Waals surface area contributed by atoms with Crippen molar-refractivity contribution in [3.8, 4) is 0 Å². The fourth-order valence-corrected chi connectivity index (χ4v) is 3.63. The smallest absolute Gasteiger partial charge is 0.475 e. The number of hydrogen-bond acceptors (Lipinski definition) is 6. The van der Waals surface area contributed by atoms with Gasteiger partial charge in [0.05, 0.1) is 29.0 Å². The van der Waals surface area contributed by atoms with Crippen LogP contribution in [-0.4, -0.2) is 80.0 Å². The molecule has 0 saturated carbocycles. The normalized spacial score (nSPS) is 15.1. The summed E-state index contributed by atoms with van der Waals surface area (Å²) in [4.78, 5) is 42.8. The number of anilines is 1. The van der Waals surface area contributed by atoms with E-state index in [1.807, 2.05) is 36.3 Å². The van der Waals surface area contributed by atoms with Crippen molar-refractivity contribution in [2.24, 2.45) is 12.8 Å². The second-order valence-corrected chi connectivity index (χ2v) is 7.73. The lowest BCUT2D eigenvalue weighted by Crippen LogP contribution is -2.53. The first-order chi connectivity index (χ1) is 16.0. The van der Waals surface area contributed by atoms with E-state index in [0.29, 0.717) is 32.6 Å². The predicted molar refractivity (Wildman–Crippen MR) is 116 cm³/mol. The first kappa shape index (κ1) is 24.8. The van der Waals surface area contributed by atoms with E-state index in [0.717, 1.165) is 22.3 Å². The molecule has 1 aliphatic heterocycles. The molecule has 11 nitrogen and oxygen atoms in total. The number of rotatable bonds is 4. The van der Waals surface area contributed by atoms with Gasteiger partial charge in [-0.05, 0) is 24.1 Å². The molecule has 0 radical (unpaired) electrons. The highest BCUT2D eigenvalue weighted by atomic mass is 19.4. The molecule has 1 fully saturated rings. The van der Waals surface area contributed by atoms with Crippen LogP contribution in [0.5, 0.6) is 0 Å². The fourth-order valence-electron chi connectivity index (χ4n) is 3.63. The molecular weight excluding hydrogens is 459 g/mol. The minimum absolute atomic E-state index is 0.0354. The second kappa shape index (κ2) is 9.99. The van der Waals surface area contributed by atoms with E-state index in [4.69, 9.17) is 15.6 Å². The minimum atomic E-state index is -5.08. The van der Waals surface area contributed by atoms with Gasteiger partial charge in [0.15, 0.2) is 0 Å². The highest BCUT2D eigenvalue weighted by molar-refractivity contribution is 5.88. The Kier molecular flexibility index (Phi) is 7.29. The summed E-state index contributed by atoms with van der Waals surface area (Å²) in [6.07, 6.45) is -0.983. The Morgan fingerprint density at radius 2 is 1.85 bits per heavy atom. The van der Waals surface area contributed by atoms with Crippen LogP contribution in [0.15, 0.2) is 35.4 Å². The van der Waals surface area contributed by atoms with Crippen molar-refractivity contribution in [3.05, 3.63) is 46.6 Å². The molecule has 0 aliphatic carbocycles. The minimum Gasteiger partial charge on any atom is -0.475 e. The van der Waals surface area contributed by atoms with Crippen LogP contribution in [0.1, 0.15) is 5.56 Å². The molecule has 4 rings (SSSR count). The molecule has 3 aromatic rings. The number of aryl methyl sites for hydroxylation is 1. The zero-order chi connectivity index (χ0) is 25.0. The number of imidazole rings is 1. The molecule has 3 heterocycles. The predicted octanol–water partition coefficient (Wildman–Crippen LogP) is 0.442. The van der Waals surface area contributed by atoms with E-state index < -0.39 is 18.2 Å². The molecule has 1 aromatic carbocycles. The van der Waals surface area contributed by atoms with Gasteiger partial charge >= 0.3 is 17.8 Å².